The summed E-state index contributed by atoms with van der Waals surface area (Å²) in [6.07, 6.45) is 0. The highest BCUT2D eigenvalue weighted by Gasteiger charge is 2.07. The second kappa shape index (κ2) is 3.40. The Morgan fingerprint density at radius 1 is 1.55 bits per heavy atom. The average molecular weight is 281 g/mol. The molecule has 1 aromatic rings. The first-order valence-corrected chi connectivity index (χ1v) is 4.32. The van der Waals surface area contributed by atoms with Crippen molar-refractivity contribution in [3.05, 3.63) is 27.3 Å². The van der Waals surface area contributed by atoms with Gasteiger partial charge in [-0.2, -0.15) is 0 Å². The SMILES string of the molecule is Nc1cccc(C(=O)Cl)c1I. The Morgan fingerprint density at radius 2 is 2.18 bits per heavy atom. The topological polar surface area (TPSA) is 43.1 Å². The number of carbonyl (C=O) groups is 1. The van der Waals surface area contributed by atoms with E-state index in [1.54, 1.807) is 18.2 Å². The zero-order valence-corrected chi connectivity index (χ0v) is 8.39. The maximum absolute atomic E-state index is 10.7. The minimum Gasteiger partial charge on any atom is -0.398 e. The van der Waals surface area contributed by atoms with Crippen LogP contribution in [0.3, 0.4) is 0 Å². The lowest BCUT2D eigenvalue weighted by atomic mass is 10.2. The van der Waals surface area contributed by atoms with Crippen molar-refractivity contribution in [2.45, 2.75) is 0 Å². The second-order valence-corrected chi connectivity index (χ2v) is 3.40. The van der Waals surface area contributed by atoms with E-state index in [0.717, 1.165) is 0 Å². The van der Waals surface area contributed by atoms with Gasteiger partial charge in [0, 0.05) is 14.8 Å². The van der Waals surface area contributed by atoms with E-state index in [-0.39, 0.29) is 0 Å². The first kappa shape index (κ1) is 8.80. The number of nitrogen functional groups attached to an aromatic ring is 1. The van der Waals surface area contributed by atoms with Gasteiger partial charge in [0.05, 0.1) is 0 Å². The first-order valence-electron chi connectivity index (χ1n) is 2.86. The third kappa shape index (κ3) is 1.84. The molecule has 0 spiro atoms. The number of halogens is 2. The summed E-state index contributed by atoms with van der Waals surface area (Å²) in [6, 6.07) is 5.08. The van der Waals surface area contributed by atoms with Crippen LogP contribution in [0.2, 0.25) is 0 Å². The van der Waals surface area contributed by atoms with Crippen LogP contribution in [0.4, 0.5) is 5.69 Å². The molecule has 0 radical (unpaired) electrons. The fourth-order valence-electron chi connectivity index (χ4n) is 0.702. The van der Waals surface area contributed by atoms with E-state index in [1.165, 1.54) is 0 Å². The Labute approximate surface area is 82.9 Å². The highest BCUT2D eigenvalue weighted by Crippen LogP contribution is 2.20. The number of carbonyl (C=O) groups excluding carboxylic acids is 1. The summed E-state index contributed by atoms with van der Waals surface area (Å²) in [4.78, 5) is 10.7. The van der Waals surface area contributed by atoms with Gasteiger partial charge in [0.1, 0.15) is 0 Å². The van der Waals surface area contributed by atoms with E-state index in [0.29, 0.717) is 14.8 Å². The van der Waals surface area contributed by atoms with Gasteiger partial charge >= 0.3 is 0 Å². The molecule has 0 unspecified atom stereocenters. The largest absolute Gasteiger partial charge is 0.398 e. The molecular weight excluding hydrogens is 276 g/mol. The van der Waals surface area contributed by atoms with Gasteiger partial charge in [0.25, 0.3) is 5.24 Å². The molecule has 2 N–H and O–H groups in total. The van der Waals surface area contributed by atoms with Gasteiger partial charge in [0.2, 0.25) is 0 Å². The van der Waals surface area contributed by atoms with Crippen LogP contribution >= 0.6 is 34.2 Å². The summed E-state index contributed by atoms with van der Waals surface area (Å²) < 4.78 is 0.713. The van der Waals surface area contributed by atoms with E-state index in [4.69, 9.17) is 17.3 Å². The molecule has 0 amide bonds. The van der Waals surface area contributed by atoms with Crippen molar-refractivity contribution >= 4 is 45.1 Å². The van der Waals surface area contributed by atoms with Crippen LogP contribution in [-0.4, -0.2) is 5.24 Å². The number of benzene rings is 1. The zero-order valence-electron chi connectivity index (χ0n) is 5.47. The van der Waals surface area contributed by atoms with Crippen LogP contribution in [0, 0.1) is 3.57 Å². The summed E-state index contributed by atoms with van der Waals surface area (Å²) in [6.45, 7) is 0. The van der Waals surface area contributed by atoms with Crippen LogP contribution in [-0.2, 0) is 0 Å². The molecule has 0 saturated heterocycles. The summed E-state index contributed by atoms with van der Waals surface area (Å²) >= 11 is 7.27. The molecule has 0 aliphatic heterocycles. The van der Waals surface area contributed by atoms with Crippen molar-refractivity contribution in [1.29, 1.82) is 0 Å². The van der Waals surface area contributed by atoms with E-state index in [2.05, 4.69) is 0 Å². The van der Waals surface area contributed by atoms with Crippen LogP contribution in [0.5, 0.6) is 0 Å². The lowest BCUT2D eigenvalue weighted by molar-refractivity contribution is 0.108. The van der Waals surface area contributed by atoms with Gasteiger partial charge in [-0.3, -0.25) is 4.79 Å². The van der Waals surface area contributed by atoms with E-state index in [1.807, 2.05) is 22.6 Å². The monoisotopic (exact) mass is 281 g/mol. The van der Waals surface area contributed by atoms with Crippen molar-refractivity contribution in [3.8, 4) is 0 Å². The maximum Gasteiger partial charge on any atom is 0.253 e. The molecule has 0 aliphatic carbocycles. The molecule has 0 bridgehead atoms. The van der Waals surface area contributed by atoms with Crippen LogP contribution < -0.4 is 5.73 Å². The number of hydrogen-bond donors (Lipinski definition) is 1. The minimum atomic E-state index is -0.471. The minimum absolute atomic E-state index is 0.465. The number of anilines is 1. The molecule has 2 nitrogen and oxygen atoms in total. The molecule has 0 heterocycles. The van der Waals surface area contributed by atoms with Gasteiger partial charge in [-0.05, 0) is 46.3 Å². The standard InChI is InChI=1S/C7H5ClINO/c8-7(11)4-2-1-3-5(10)6(4)9/h1-3H,10H2. The van der Waals surface area contributed by atoms with Crippen molar-refractivity contribution in [2.24, 2.45) is 0 Å². The normalized spacial score (nSPS) is 9.64. The van der Waals surface area contributed by atoms with E-state index < -0.39 is 5.24 Å². The fourth-order valence-corrected chi connectivity index (χ4v) is 1.62. The second-order valence-electron chi connectivity index (χ2n) is 1.98. The highest BCUT2D eigenvalue weighted by atomic mass is 127. The third-order valence-corrected chi connectivity index (χ3v) is 2.65. The third-order valence-electron chi connectivity index (χ3n) is 1.24. The van der Waals surface area contributed by atoms with Gasteiger partial charge in [0.15, 0.2) is 0 Å². The Morgan fingerprint density at radius 3 is 2.64 bits per heavy atom. The first-order chi connectivity index (χ1) is 5.13. The van der Waals surface area contributed by atoms with Gasteiger partial charge in [-0.1, -0.05) is 6.07 Å². The molecule has 0 fully saturated rings. The van der Waals surface area contributed by atoms with Crippen molar-refractivity contribution in [3.63, 3.8) is 0 Å². The quantitative estimate of drug-likeness (QED) is 0.487. The van der Waals surface area contributed by atoms with E-state index in [9.17, 15) is 4.79 Å². The van der Waals surface area contributed by atoms with Crippen LogP contribution in [0.1, 0.15) is 10.4 Å². The Kier molecular flexibility index (Phi) is 2.72. The van der Waals surface area contributed by atoms with E-state index >= 15 is 0 Å². The summed E-state index contributed by atoms with van der Waals surface area (Å²) in [5.74, 6) is 0. The molecule has 1 rings (SSSR count). The molecule has 1 aromatic carbocycles. The van der Waals surface area contributed by atoms with Crippen molar-refractivity contribution < 1.29 is 4.79 Å². The molecule has 0 aromatic heterocycles. The lowest BCUT2D eigenvalue weighted by Crippen LogP contribution is -1.97. The Hall–Kier alpha value is -0.290. The summed E-state index contributed by atoms with van der Waals surface area (Å²) in [5.41, 5.74) is 6.59. The molecule has 58 valence electrons. The molecule has 0 atom stereocenters. The zero-order chi connectivity index (χ0) is 8.43. The molecular formula is C7H5ClINO. The molecule has 4 heteroatoms. The fraction of sp³-hybridized carbons (Fsp3) is 0. The van der Waals surface area contributed by atoms with Gasteiger partial charge in [-0.15, -0.1) is 0 Å². The number of rotatable bonds is 1. The summed E-state index contributed by atoms with van der Waals surface area (Å²) in [7, 11) is 0. The maximum atomic E-state index is 10.7. The summed E-state index contributed by atoms with van der Waals surface area (Å²) in [5, 5.41) is -0.471. The predicted octanol–water partition coefficient (Wildman–Crippen LogP) is 2.25. The Bertz CT molecular complexity index is 300. The lowest BCUT2D eigenvalue weighted by Gasteiger charge is -2.00. The molecule has 11 heavy (non-hydrogen) atoms. The smallest absolute Gasteiger partial charge is 0.253 e. The Balaban J connectivity index is 3.27. The number of nitrogens with two attached hydrogens (primary N) is 1. The highest BCUT2D eigenvalue weighted by molar-refractivity contribution is 14.1. The predicted molar refractivity (Wildman–Crippen MR) is 53.8 cm³/mol. The van der Waals surface area contributed by atoms with Crippen LogP contribution in [0.25, 0.3) is 0 Å². The molecule has 0 aliphatic rings. The average Bonchev–Trinajstić information content (AvgIpc) is 1.94. The number of hydrogen-bond acceptors (Lipinski definition) is 2. The van der Waals surface area contributed by atoms with Crippen molar-refractivity contribution in [1.82, 2.24) is 0 Å². The van der Waals surface area contributed by atoms with Gasteiger partial charge < -0.3 is 5.73 Å². The molecule has 0 saturated carbocycles. The van der Waals surface area contributed by atoms with Crippen LogP contribution in [0.15, 0.2) is 18.2 Å². The van der Waals surface area contributed by atoms with Gasteiger partial charge in [-0.25, -0.2) is 0 Å². The van der Waals surface area contributed by atoms with Crippen molar-refractivity contribution in [2.75, 3.05) is 5.73 Å².